The molecule has 1 unspecified atom stereocenters. The first-order valence-corrected chi connectivity index (χ1v) is 5.88. The van der Waals surface area contributed by atoms with Gasteiger partial charge in [-0.15, -0.1) is 0 Å². The highest BCUT2D eigenvalue weighted by Gasteiger charge is 2.17. The van der Waals surface area contributed by atoms with Gasteiger partial charge in [-0.1, -0.05) is 6.92 Å². The van der Waals surface area contributed by atoms with Gasteiger partial charge in [0, 0.05) is 16.3 Å². The highest BCUT2D eigenvalue weighted by atomic mass is 16.3. The molecule has 17 heavy (non-hydrogen) atoms. The van der Waals surface area contributed by atoms with Crippen LogP contribution in [0, 0.1) is 0 Å². The first-order chi connectivity index (χ1) is 8.31. The lowest BCUT2D eigenvalue weighted by atomic mass is 9.93. The maximum atomic E-state index is 5.65. The minimum atomic E-state index is 0.370. The average Bonchev–Trinajstić information content (AvgIpc) is 2.92. The summed E-state index contributed by atoms with van der Waals surface area (Å²) >= 11 is 0. The maximum Gasteiger partial charge on any atom is 0.138 e. The first kappa shape index (κ1) is 10.4. The Kier molecular flexibility index (Phi) is 2.41. The number of hydrogen-bond donors (Lipinski definition) is 1. The molecule has 2 heterocycles. The van der Waals surface area contributed by atoms with E-state index in [-0.39, 0.29) is 0 Å². The predicted octanol–water partition coefficient (Wildman–Crippen LogP) is 3.63. The molecule has 3 heteroatoms. The van der Waals surface area contributed by atoms with Gasteiger partial charge in [-0.3, -0.25) is 0 Å². The molecular formula is C14H15NO2. The van der Waals surface area contributed by atoms with Crippen molar-refractivity contribution < 1.29 is 8.83 Å². The Morgan fingerprint density at radius 3 is 2.88 bits per heavy atom. The van der Waals surface area contributed by atoms with Crippen LogP contribution in [0.2, 0.25) is 0 Å². The van der Waals surface area contributed by atoms with E-state index in [1.165, 1.54) is 5.56 Å². The Bertz CT molecular complexity index is 602. The van der Waals surface area contributed by atoms with Crippen molar-refractivity contribution in [3.8, 4) is 0 Å². The van der Waals surface area contributed by atoms with Crippen LogP contribution in [0.25, 0.3) is 21.9 Å². The zero-order valence-corrected chi connectivity index (χ0v) is 9.77. The van der Waals surface area contributed by atoms with Crippen molar-refractivity contribution in [3.63, 3.8) is 0 Å². The molecule has 0 saturated heterocycles. The van der Waals surface area contributed by atoms with Gasteiger partial charge in [0.2, 0.25) is 0 Å². The number of rotatable bonds is 3. The highest BCUT2D eigenvalue weighted by molar-refractivity contribution is 5.98. The highest BCUT2D eigenvalue weighted by Crippen LogP contribution is 2.35. The molecule has 2 aromatic heterocycles. The fourth-order valence-electron chi connectivity index (χ4n) is 2.45. The van der Waals surface area contributed by atoms with Crippen LogP contribution in [0.5, 0.6) is 0 Å². The van der Waals surface area contributed by atoms with E-state index in [0.717, 1.165) is 28.4 Å². The second-order valence-corrected chi connectivity index (χ2v) is 4.44. The van der Waals surface area contributed by atoms with Crippen LogP contribution < -0.4 is 5.73 Å². The molecule has 0 aliphatic rings. The van der Waals surface area contributed by atoms with Crippen molar-refractivity contribution in [2.75, 3.05) is 6.54 Å². The summed E-state index contributed by atoms with van der Waals surface area (Å²) in [6.45, 7) is 2.86. The summed E-state index contributed by atoms with van der Waals surface area (Å²) < 4.78 is 11.1. The molecule has 1 aromatic carbocycles. The Hall–Kier alpha value is -1.74. The van der Waals surface area contributed by atoms with Crippen LogP contribution in [-0.2, 0) is 0 Å². The van der Waals surface area contributed by atoms with E-state index in [9.17, 15) is 0 Å². The van der Waals surface area contributed by atoms with E-state index in [2.05, 4.69) is 6.92 Å². The maximum absolute atomic E-state index is 5.65. The van der Waals surface area contributed by atoms with Gasteiger partial charge in [-0.2, -0.15) is 0 Å². The number of fused-ring (bicyclic) bond motifs is 2. The lowest BCUT2D eigenvalue weighted by Gasteiger charge is -2.12. The van der Waals surface area contributed by atoms with Crippen molar-refractivity contribution in [1.82, 2.24) is 0 Å². The Morgan fingerprint density at radius 2 is 2.06 bits per heavy atom. The van der Waals surface area contributed by atoms with Crippen molar-refractivity contribution in [3.05, 3.63) is 36.3 Å². The third kappa shape index (κ3) is 1.54. The predicted molar refractivity (Wildman–Crippen MR) is 68.1 cm³/mol. The van der Waals surface area contributed by atoms with E-state index in [0.29, 0.717) is 12.5 Å². The zero-order chi connectivity index (χ0) is 11.8. The van der Waals surface area contributed by atoms with E-state index in [1.807, 2.05) is 18.2 Å². The summed E-state index contributed by atoms with van der Waals surface area (Å²) in [4.78, 5) is 0. The van der Waals surface area contributed by atoms with E-state index >= 15 is 0 Å². The molecule has 3 nitrogen and oxygen atoms in total. The molecule has 0 bridgehead atoms. The Morgan fingerprint density at radius 1 is 1.24 bits per heavy atom. The van der Waals surface area contributed by atoms with Gasteiger partial charge in [0.05, 0.1) is 12.5 Å². The molecule has 88 valence electrons. The van der Waals surface area contributed by atoms with Crippen molar-refractivity contribution in [2.45, 2.75) is 19.3 Å². The standard InChI is InChI=1S/C14H15NO2/c1-9(2-5-15)13-11-4-7-16-12(11)8-10-3-6-17-14(10)13/h3-4,6-9H,2,5,15H2,1H3. The molecule has 3 rings (SSSR count). The summed E-state index contributed by atoms with van der Waals surface area (Å²) in [6.07, 6.45) is 4.39. The molecule has 0 fully saturated rings. The molecule has 3 aromatic rings. The first-order valence-electron chi connectivity index (χ1n) is 5.88. The topological polar surface area (TPSA) is 52.3 Å². The third-order valence-electron chi connectivity index (χ3n) is 3.30. The lowest BCUT2D eigenvalue weighted by Crippen LogP contribution is -2.05. The monoisotopic (exact) mass is 229 g/mol. The Labute approximate surface area is 99.2 Å². The number of furan rings is 2. The summed E-state index contributed by atoms with van der Waals surface area (Å²) in [6, 6.07) is 5.99. The fraction of sp³-hybridized carbons (Fsp3) is 0.286. The second kappa shape index (κ2) is 3.93. The molecule has 0 spiro atoms. The second-order valence-electron chi connectivity index (χ2n) is 4.44. The normalized spacial score (nSPS) is 13.5. The average molecular weight is 229 g/mol. The summed E-state index contributed by atoms with van der Waals surface area (Å²) in [5.74, 6) is 0.370. The van der Waals surface area contributed by atoms with Crippen molar-refractivity contribution in [2.24, 2.45) is 5.73 Å². The zero-order valence-electron chi connectivity index (χ0n) is 9.77. The molecule has 0 aliphatic heterocycles. The van der Waals surface area contributed by atoms with Crippen LogP contribution in [0.1, 0.15) is 24.8 Å². The number of benzene rings is 1. The van der Waals surface area contributed by atoms with Crippen LogP contribution in [0.15, 0.2) is 39.6 Å². The van der Waals surface area contributed by atoms with Crippen LogP contribution >= 0.6 is 0 Å². The summed E-state index contributed by atoms with van der Waals surface area (Å²) in [5.41, 5.74) is 8.73. The molecule has 1 atom stereocenters. The van der Waals surface area contributed by atoms with Gasteiger partial charge in [0.1, 0.15) is 11.2 Å². The SMILES string of the molecule is CC(CCN)c1c2ccoc2cc2ccoc12. The van der Waals surface area contributed by atoms with E-state index < -0.39 is 0 Å². The summed E-state index contributed by atoms with van der Waals surface area (Å²) in [7, 11) is 0. The van der Waals surface area contributed by atoms with Crippen LogP contribution in [0.3, 0.4) is 0 Å². The van der Waals surface area contributed by atoms with Gasteiger partial charge in [-0.05, 0) is 37.1 Å². The van der Waals surface area contributed by atoms with Gasteiger partial charge in [0.25, 0.3) is 0 Å². The fourth-order valence-corrected chi connectivity index (χ4v) is 2.45. The molecule has 0 radical (unpaired) electrons. The number of hydrogen-bond acceptors (Lipinski definition) is 3. The molecular weight excluding hydrogens is 214 g/mol. The van der Waals surface area contributed by atoms with Crippen LogP contribution in [-0.4, -0.2) is 6.54 Å². The lowest BCUT2D eigenvalue weighted by molar-refractivity contribution is 0.598. The van der Waals surface area contributed by atoms with Gasteiger partial charge >= 0.3 is 0 Å². The van der Waals surface area contributed by atoms with E-state index in [4.69, 9.17) is 14.6 Å². The molecule has 2 N–H and O–H groups in total. The molecule has 0 aliphatic carbocycles. The molecule has 0 amide bonds. The third-order valence-corrected chi connectivity index (χ3v) is 3.30. The minimum absolute atomic E-state index is 0.370. The minimum Gasteiger partial charge on any atom is -0.464 e. The van der Waals surface area contributed by atoms with Crippen molar-refractivity contribution >= 4 is 21.9 Å². The molecule has 0 saturated carbocycles. The van der Waals surface area contributed by atoms with Gasteiger partial charge < -0.3 is 14.6 Å². The van der Waals surface area contributed by atoms with E-state index in [1.54, 1.807) is 12.5 Å². The van der Waals surface area contributed by atoms with Gasteiger partial charge in [-0.25, -0.2) is 0 Å². The Balaban J connectivity index is 2.33. The largest absolute Gasteiger partial charge is 0.464 e. The quantitative estimate of drug-likeness (QED) is 0.746. The number of nitrogens with two attached hydrogens (primary N) is 1. The van der Waals surface area contributed by atoms with Crippen LogP contribution in [0.4, 0.5) is 0 Å². The van der Waals surface area contributed by atoms with Crippen molar-refractivity contribution in [1.29, 1.82) is 0 Å². The smallest absolute Gasteiger partial charge is 0.138 e. The summed E-state index contributed by atoms with van der Waals surface area (Å²) in [5, 5.41) is 2.22. The van der Waals surface area contributed by atoms with Gasteiger partial charge in [0.15, 0.2) is 0 Å².